The molecule has 0 aliphatic rings. The van der Waals surface area contributed by atoms with Crippen LogP contribution in [-0.2, 0) is 0 Å². The molecule has 0 aliphatic heterocycles. The number of benzene rings is 1. The van der Waals surface area contributed by atoms with Crippen molar-refractivity contribution in [3.05, 3.63) is 29.8 Å². The summed E-state index contributed by atoms with van der Waals surface area (Å²) in [6.45, 7) is 2.92. The summed E-state index contributed by atoms with van der Waals surface area (Å²) < 4.78 is 5.30. The van der Waals surface area contributed by atoms with Gasteiger partial charge in [-0.25, -0.2) is 5.48 Å². The highest BCUT2D eigenvalue weighted by Gasteiger charge is 1.91. The van der Waals surface area contributed by atoms with E-state index in [-0.39, 0.29) is 0 Å². The fourth-order valence-electron chi connectivity index (χ4n) is 0.920. The summed E-state index contributed by atoms with van der Waals surface area (Å²) in [4.78, 5) is 0. The van der Waals surface area contributed by atoms with Crippen LogP contribution in [0.4, 0.5) is 0 Å². The Balaban J connectivity index is 2.41. The number of rotatable bonds is 4. The second-order valence-electron chi connectivity index (χ2n) is 2.57. The highest BCUT2D eigenvalue weighted by molar-refractivity contribution is 5.27. The maximum Gasteiger partial charge on any atom is 0.119 e. The summed E-state index contributed by atoms with van der Waals surface area (Å²) in [5.74, 6) is 0.838. The highest BCUT2D eigenvalue weighted by atomic mass is 16.5. The van der Waals surface area contributed by atoms with E-state index in [1.165, 1.54) is 5.56 Å². The van der Waals surface area contributed by atoms with Crippen LogP contribution in [0, 0.1) is 6.92 Å². The average Bonchev–Trinajstić information content (AvgIpc) is 2.05. The maximum absolute atomic E-state index is 8.27. The number of ether oxygens (including phenoxy) is 1. The number of hydrogen-bond donors (Lipinski definition) is 2. The van der Waals surface area contributed by atoms with Crippen LogP contribution in [-0.4, -0.2) is 18.4 Å². The van der Waals surface area contributed by atoms with Gasteiger partial charge < -0.3 is 9.94 Å². The molecule has 0 bridgehead atoms. The molecule has 2 N–H and O–H groups in total. The van der Waals surface area contributed by atoms with Crippen molar-refractivity contribution in [2.45, 2.75) is 6.92 Å². The van der Waals surface area contributed by atoms with Crippen molar-refractivity contribution in [3.8, 4) is 5.75 Å². The van der Waals surface area contributed by atoms with Crippen molar-refractivity contribution in [2.24, 2.45) is 0 Å². The van der Waals surface area contributed by atoms with Gasteiger partial charge >= 0.3 is 0 Å². The molecule has 66 valence electrons. The Morgan fingerprint density at radius 2 is 2.33 bits per heavy atom. The van der Waals surface area contributed by atoms with Crippen LogP contribution in [0.5, 0.6) is 5.75 Å². The number of hydrogen-bond acceptors (Lipinski definition) is 3. The van der Waals surface area contributed by atoms with Gasteiger partial charge in [0.05, 0.1) is 6.54 Å². The summed E-state index contributed by atoms with van der Waals surface area (Å²) in [6, 6.07) is 7.80. The Bertz CT molecular complexity index is 238. The molecule has 0 unspecified atom stereocenters. The molecule has 0 fully saturated rings. The molecule has 0 aromatic heterocycles. The van der Waals surface area contributed by atoms with E-state index in [0.717, 1.165) is 5.75 Å². The van der Waals surface area contributed by atoms with Gasteiger partial charge in [0.1, 0.15) is 12.4 Å². The van der Waals surface area contributed by atoms with Crippen LogP contribution in [0.25, 0.3) is 0 Å². The van der Waals surface area contributed by atoms with Crippen LogP contribution in [0.3, 0.4) is 0 Å². The SMILES string of the molecule is Cc1cccc(OCCNO)c1. The van der Waals surface area contributed by atoms with Crippen molar-refractivity contribution >= 4 is 0 Å². The van der Waals surface area contributed by atoms with Crippen LogP contribution >= 0.6 is 0 Å². The first-order chi connectivity index (χ1) is 5.83. The Morgan fingerprint density at radius 3 is 3.00 bits per heavy atom. The molecule has 3 nitrogen and oxygen atoms in total. The van der Waals surface area contributed by atoms with Gasteiger partial charge in [-0.15, -0.1) is 0 Å². The zero-order valence-corrected chi connectivity index (χ0v) is 7.08. The predicted octanol–water partition coefficient (Wildman–Crippen LogP) is 1.35. The fraction of sp³-hybridized carbons (Fsp3) is 0.333. The lowest BCUT2D eigenvalue weighted by Crippen LogP contribution is -2.16. The van der Waals surface area contributed by atoms with E-state index in [4.69, 9.17) is 9.94 Å². The third-order valence-electron chi connectivity index (χ3n) is 1.47. The lowest BCUT2D eigenvalue weighted by Gasteiger charge is -2.05. The smallest absolute Gasteiger partial charge is 0.119 e. The first kappa shape index (κ1) is 9.03. The van der Waals surface area contributed by atoms with E-state index in [1.807, 2.05) is 36.7 Å². The third kappa shape index (κ3) is 2.90. The minimum Gasteiger partial charge on any atom is -0.492 e. The molecule has 1 rings (SSSR count). The molecule has 0 radical (unpaired) electrons. The standard InChI is InChI=1S/C9H13NO2/c1-8-3-2-4-9(7-8)12-6-5-10-11/h2-4,7,10-11H,5-6H2,1H3. The zero-order valence-electron chi connectivity index (χ0n) is 7.08. The summed E-state index contributed by atoms with van der Waals surface area (Å²) in [5, 5.41) is 8.27. The molecule has 12 heavy (non-hydrogen) atoms. The van der Waals surface area contributed by atoms with Gasteiger partial charge in [0.15, 0.2) is 0 Å². The quantitative estimate of drug-likeness (QED) is 0.525. The van der Waals surface area contributed by atoms with Gasteiger partial charge in [-0.05, 0) is 24.6 Å². The molecule has 0 saturated heterocycles. The minimum atomic E-state index is 0.438. The van der Waals surface area contributed by atoms with E-state index in [0.29, 0.717) is 13.2 Å². The molecule has 0 amide bonds. The lowest BCUT2D eigenvalue weighted by atomic mass is 10.2. The zero-order chi connectivity index (χ0) is 8.81. The molecule has 0 saturated carbocycles. The van der Waals surface area contributed by atoms with Gasteiger partial charge in [-0.3, -0.25) is 0 Å². The minimum absolute atomic E-state index is 0.438. The van der Waals surface area contributed by atoms with Crippen molar-refractivity contribution in [1.82, 2.24) is 5.48 Å². The molecule has 0 aliphatic carbocycles. The van der Waals surface area contributed by atoms with Crippen LogP contribution in [0.2, 0.25) is 0 Å². The van der Waals surface area contributed by atoms with E-state index in [9.17, 15) is 0 Å². The Kier molecular flexibility index (Phi) is 3.57. The summed E-state index contributed by atoms with van der Waals surface area (Å²) in [6.07, 6.45) is 0. The first-order valence-electron chi connectivity index (χ1n) is 3.89. The normalized spacial score (nSPS) is 9.83. The molecular formula is C9H13NO2. The van der Waals surface area contributed by atoms with Crippen LogP contribution in [0.1, 0.15) is 5.56 Å². The van der Waals surface area contributed by atoms with Crippen LogP contribution in [0.15, 0.2) is 24.3 Å². The van der Waals surface area contributed by atoms with Crippen molar-refractivity contribution in [2.75, 3.05) is 13.2 Å². The number of nitrogens with one attached hydrogen (secondary N) is 1. The Hall–Kier alpha value is -1.06. The Labute approximate surface area is 71.9 Å². The van der Waals surface area contributed by atoms with Crippen LogP contribution < -0.4 is 10.2 Å². The molecule has 1 aromatic rings. The third-order valence-corrected chi connectivity index (χ3v) is 1.47. The van der Waals surface area contributed by atoms with Gasteiger partial charge in [0, 0.05) is 0 Å². The molecule has 1 aromatic carbocycles. The topological polar surface area (TPSA) is 41.5 Å². The van der Waals surface area contributed by atoms with Gasteiger partial charge in [0.2, 0.25) is 0 Å². The van der Waals surface area contributed by atoms with Gasteiger partial charge in [0.25, 0.3) is 0 Å². The lowest BCUT2D eigenvalue weighted by molar-refractivity contribution is 0.145. The Morgan fingerprint density at radius 1 is 1.50 bits per heavy atom. The largest absolute Gasteiger partial charge is 0.492 e. The summed E-state index contributed by atoms with van der Waals surface area (Å²) >= 11 is 0. The van der Waals surface area contributed by atoms with Crippen molar-refractivity contribution in [3.63, 3.8) is 0 Å². The summed E-state index contributed by atoms with van der Waals surface area (Å²) in [5.41, 5.74) is 3.20. The molecule has 0 heterocycles. The van der Waals surface area contributed by atoms with E-state index >= 15 is 0 Å². The summed E-state index contributed by atoms with van der Waals surface area (Å²) in [7, 11) is 0. The van der Waals surface area contributed by atoms with E-state index < -0.39 is 0 Å². The molecule has 3 heteroatoms. The molecular weight excluding hydrogens is 154 g/mol. The van der Waals surface area contributed by atoms with E-state index in [1.54, 1.807) is 0 Å². The first-order valence-corrected chi connectivity index (χ1v) is 3.89. The average molecular weight is 167 g/mol. The predicted molar refractivity (Wildman–Crippen MR) is 46.5 cm³/mol. The second-order valence-corrected chi connectivity index (χ2v) is 2.57. The second kappa shape index (κ2) is 4.74. The maximum atomic E-state index is 8.27. The van der Waals surface area contributed by atoms with E-state index in [2.05, 4.69) is 0 Å². The molecule has 0 spiro atoms. The number of aryl methyl sites for hydroxylation is 1. The fourth-order valence-corrected chi connectivity index (χ4v) is 0.920. The molecule has 0 atom stereocenters. The number of hydroxylamine groups is 1. The monoisotopic (exact) mass is 167 g/mol. The van der Waals surface area contributed by atoms with Crippen molar-refractivity contribution in [1.29, 1.82) is 0 Å². The van der Waals surface area contributed by atoms with Gasteiger partial charge in [-0.1, -0.05) is 12.1 Å². The highest BCUT2D eigenvalue weighted by Crippen LogP contribution is 2.11. The van der Waals surface area contributed by atoms with Gasteiger partial charge in [-0.2, -0.15) is 0 Å². The van der Waals surface area contributed by atoms with Crippen molar-refractivity contribution < 1.29 is 9.94 Å².